The molecule has 8 heteroatoms. The van der Waals surface area contributed by atoms with Crippen molar-refractivity contribution in [1.29, 1.82) is 0 Å². The van der Waals surface area contributed by atoms with Gasteiger partial charge in [-0.2, -0.15) is 11.8 Å². The smallest absolute Gasteiger partial charge is 0.315 e. The molecule has 2 aromatic rings. The molecule has 190 valence electrons. The lowest BCUT2D eigenvalue weighted by Crippen LogP contribution is -2.42. The number of Topliss-reactive ketones (excluding diaryl/α,β-unsaturated/α-hetero) is 1. The predicted octanol–water partition coefficient (Wildman–Crippen LogP) is 6.11. The maximum absolute atomic E-state index is 14.1. The number of esters is 1. The van der Waals surface area contributed by atoms with Gasteiger partial charge in [-0.15, -0.1) is 0 Å². The maximum atomic E-state index is 14.1. The summed E-state index contributed by atoms with van der Waals surface area (Å²) in [5.74, 6) is -0.0698. The zero-order chi connectivity index (χ0) is 25.8. The van der Waals surface area contributed by atoms with Crippen LogP contribution in [0.25, 0.3) is 0 Å². The highest BCUT2D eigenvalue weighted by Crippen LogP contribution is 2.48. The Kier molecular flexibility index (Phi) is 8.57. The van der Waals surface area contributed by atoms with Crippen molar-refractivity contribution in [2.24, 2.45) is 5.92 Å². The fourth-order valence-corrected chi connectivity index (χ4v) is 5.94. The van der Waals surface area contributed by atoms with Crippen LogP contribution in [0.5, 0.6) is 5.75 Å². The number of halogens is 2. The zero-order valence-electron chi connectivity index (χ0n) is 20.3. The number of methoxy groups -OCH3 is 1. The lowest BCUT2D eigenvalue weighted by atomic mass is 9.69. The molecule has 3 atom stereocenters. The topological polar surface area (TPSA) is 64.6 Å². The van der Waals surface area contributed by atoms with Gasteiger partial charge < -0.3 is 14.8 Å². The minimum Gasteiger partial charge on any atom is -0.496 e. The highest BCUT2D eigenvalue weighted by molar-refractivity contribution is 9.10. The Hall–Kier alpha value is -2.58. The number of benzene rings is 2. The molecule has 0 radical (unpaired) electrons. The summed E-state index contributed by atoms with van der Waals surface area (Å²) in [6, 6.07) is 12.3. The molecule has 0 spiro atoms. The second-order valence-corrected chi connectivity index (χ2v) is 11.1. The molecule has 1 heterocycles. The summed E-state index contributed by atoms with van der Waals surface area (Å²) in [6.07, 6.45) is 0.843. The van der Waals surface area contributed by atoms with Gasteiger partial charge in [0.1, 0.15) is 24.1 Å². The van der Waals surface area contributed by atoms with E-state index in [1.165, 1.54) is 6.07 Å². The number of thioether (sulfide) groups is 1. The monoisotopic (exact) mass is 573 g/mol. The van der Waals surface area contributed by atoms with Gasteiger partial charge in [0.2, 0.25) is 0 Å². The number of ketones is 1. The molecule has 5 nitrogen and oxygen atoms in total. The van der Waals surface area contributed by atoms with Crippen LogP contribution in [-0.2, 0) is 14.3 Å². The Morgan fingerprint density at radius 2 is 2.03 bits per heavy atom. The van der Waals surface area contributed by atoms with Crippen molar-refractivity contribution in [2.75, 3.05) is 25.2 Å². The van der Waals surface area contributed by atoms with Gasteiger partial charge in [-0.1, -0.05) is 37.8 Å². The molecule has 0 aromatic heterocycles. The molecule has 0 fully saturated rings. The van der Waals surface area contributed by atoms with E-state index in [0.29, 0.717) is 29.0 Å². The van der Waals surface area contributed by atoms with Crippen LogP contribution < -0.4 is 10.1 Å². The number of hydrogen-bond donors (Lipinski definition) is 1. The number of carbonyl (C=O) groups is 2. The average molecular weight is 575 g/mol. The third-order valence-electron chi connectivity index (χ3n) is 6.65. The number of para-hydroxylation sites is 1. The zero-order valence-corrected chi connectivity index (χ0v) is 22.7. The number of allylic oxidation sites excluding steroid dienone is 2. The van der Waals surface area contributed by atoms with Crippen LogP contribution >= 0.6 is 27.7 Å². The van der Waals surface area contributed by atoms with E-state index >= 15 is 0 Å². The van der Waals surface area contributed by atoms with E-state index in [1.54, 1.807) is 31.0 Å². The molecular weight excluding hydrogens is 545 g/mol. The highest BCUT2D eigenvalue weighted by Gasteiger charge is 2.45. The van der Waals surface area contributed by atoms with Crippen LogP contribution in [0.15, 0.2) is 70.5 Å². The first-order valence-corrected chi connectivity index (χ1v) is 13.8. The standard InChI is InChI=1S/C28H29BrFNO4S/c1-4-36-12-11-35-28(33)25-16(2)31-22-14-18(19-7-5-6-8-24(19)34-3)15-23(32)27(22)26(25)17-9-10-21(30)20(29)13-17/h5-10,13,18,25-26,31H,2,4,11-12,14-15H2,1,3H3. The molecule has 0 saturated carbocycles. The van der Waals surface area contributed by atoms with Gasteiger partial charge in [0.15, 0.2) is 5.78 Å². The van der Waals surface area contributed by atoms with Gasteiger partial charge in [-0.25, -0.2) is 4.39 Å². The van der Waals surface area contributed by atoms with E-state index in [9.17, 15) is 14.0 Å². The highest BCUT2D eigenvalue weighted by atomic mass is 79.9. The van der Waals surface area contributed by atoms with E-state index in [0.717, 1.165) is 22.8 Å². The molecule has 2 aliphatic rings. The molecule has 3 unspecified atom stereocenters. The molecular formula is C28H29BrFNO4S. The van der Waals surface area contributed by atoms with Crippen molar-refractivity contribution < 1.29 is 23.5 Å². The quantitative estimate of drug-likeness (QED) is 0.303. The Balaban J connectivity index is 1.74. The molecule has 4 rings (SSSR count). The molecule has 0 bridgehead atoms. The maximum Gasteiger partial charge on any atom is 0.315 e. The third-order valence-corrected chi connectivity index (χ3v) is 8.12. The Labute approximate surface area is 223 Å². The van der Waals surface area contributed by atoms with E-state index in [1.807, 2.05) is 31.2 Å². The number of rotatable bonds is 8. The molecule has 0 amide bonds. The number of hydrogen-bond acceptors (Lipinski definition) is 6. The Bertz CT molecular complexity index is 1210. The number of carbonyl (C=O) groups excluding carboxylic acids is 2. The minimum atomic E-state index is -0.806. The Morgan fingerprint density at radius 3 is 2.75 bits per heavy atom. The van der Waals surface area contributed by atoms with Gasteiger partial charge in [-0.3, -0.25) is 9.59 Å². The second-order valence-electron chi connectivity index (χ2n) is 8.81. The van der Waals surface area contributed by atoms with Gasteiger partial charge in [0.25, 0.3) is 0 Å². The van der Waals surface area contributed by atoms with E-state index < -0.39 is 23.6 Å². The van der Waals surface area contributed by atoms with Crippen molar-refractivity contribution in [1.82, 2.24) is 5.32 Å². The number of ether oxygens (including phenoxy) is 2. The molecule has 1 aliphatic carbocycles. The lowest BCUT2D eigenvalue weighted by Gasteiger charge is -2.40. The van der Waals surface area contributed by atoms with Crippen LogP contribution in [0, 0.1) is 11.7 Å². The summed E-state index contributed by atoms with van der Waals surface area (Å²) < 4.78 is 25.5. The normalized spacial score (nSPS) is 21.6. The lowest BCUT2D eigenvalue weighted by molar-refractivity contribution is -0.147. The van der Waals surface area contributed by atoms with Crippen LogP contribution in [0.2, 0.25) is 0 Å². The molecule has 36 heavy (non-hydrogen) atoms. The number of nitrogens with one attached hydrogen (secondary N) is 1. The summed E-state index contributed by atoms with van der Waals surface area (Å²) in [4.78, 5) is 27.0. The van der Waals surface area contributed by atoms with Crippen LogP contribution in [0.1, 0.15) is 42.7 Å². The molecule has 0 saturated heterocycles. The molecule has 1 N–H and O–H groups in total. The van der Waals surface area contributed by atoms with Gasteiger partial charge in [0.05, 0.1) is 11.6 Å². The van der Waals surface area contributed by atoms with Crippen molar-refractivity contribution in [3.8, 4) is 5.75 Å². The first-order chi connectivity index (χ1) is 17.3. The largest absolute Gasteiger partial charge is 0.496 e. The fraction of sp³-hybridized carbons (Fsp3) is 0.357. The minimum absolute atomic E-state index is 0.0584. The van der Waals surface area contributed by atoms with Gasteiger partial charge in [0, 0.05) is 41.0 Å². The van der Waals surface area contributed by atoms with Crippen molar-refractivity contribution in [2.45, 2.75) is 31.6 Å². The Morgan fingerprint density at radius 1 is 1.25 bits per heavy atom. The van der Waals surface area contributed by atoms with Crippen molar-refractivity contribution in [3.63, 3.8) is 0 Å². The predicted molar refractivity (Wildman–Crippen MR) is 144 cm³/mol. The van der Waals surface area contributed by atoms with E-state index in [2.05, 4.69) is 27.8 Å². The van der Waals surface area contributed by atoms with E-state index in [-0.39, 0.29) is 29.2 Å². The van der Waals surface area contributed by atoms with Gasteiger partial charge in [-0.05, 0) is 57.4 Å². The molecule has 1 aliphatic heterocycles. The van der Waals surface area contributed by atoms with Crippen molar-refractivity contribution >= 4 is 39.4 Å². The SMILES string of the molecule is C=C1NC2=C(C(=O)CC(c3ccccc3OC)C2)C(c2ccc(F)c(Br)c2)C1C(=O)OCCSCC. The first kappa shape index (κ1) is 26.5. The third kappa shape index (κ3) is 5.39. The summed E-state index contributed by atoms with van der Waals surface area (Å²) in [7, 11) is 1.62. The van der Waals surface area contributed by atoms with E-state index in [4.69, 9.17) is 9.47 Å². The van der Waals surface area contributed by atoms with Crippen LogP contribution in [-0.4, -0.2) is 37.0 Å². The average Bonchev–Trinajstić information content (AvgIpc) is 2.87. The van der Waals surface area contributed by atoms with Gasteiger partial charge >= 0.3 is 5.97 Å². The first-order valence-electron chi connectivity index (χ1n) is 11.9. The summed E-state index contributed by atoms with van der Waals surface area (Å²) in [6.45, 7) is 6.47. The fourth-order valence-electron chi connectivity index (χ4n) is 5.05. The van der Waals surface area contributed by atoms with Crippen LogP contribution in [0.4, 0.5) is 4.39 Å². The molecule has 2 aromatic carbocycles. The second kappa shape index (κ2) is 11.6. The van der Waals surface area contributed by atoms with Crippen LogP contribution in [0.3, 0.4) is 0 Å². The van der Waals surface area contributed by atoms with Crippen molar-refractivity contribution in [3.05, 3.63) is 87.4 Å². The summed E-state index contributed by atoms with van der Waals surface area (Å²) in [5, 5.41) is 3.28. The summed E-state index contributed by atoms with van der Waals surface area (Å²) >= 11 is 4.94. The summed E-state index contributed by atoms with van der Waals surface area (Å²) in [5.41, 5.74) is 3.37.